The van der Waals surface area contributed by atoms with Gasteiger partial charge >= 0.3 is 29.6 Å². The summed E-state index contributed by atoms with van der Waals surface area (Å²) in [6.07, 6.45) is 0. The van der Waals surface area contributed by atoms with E-state index in [1.54, 1.807) is 6.92 Å². The largest absolute Gasteiger partial charge is 1.00 e. The molecule has 0 aliphatic heterocycles. The van der Waals surface area contributed by atoms with Gasteiger partial charge in [-0.3, -0.25) is 0 Å². The zero-order valence-corrected chi connectivity index (χ0v) is 9.78. The van der Waals surface area contributed by atoms with Crippen LogP contribution in [0.3, 0.4) is 0 Å². The molecule has 0 aliphatic rings. The molecule has 0 aromatic heterocycles. The third-order valence-electron chi connectivity index (χ3n) is 0.800. The van der Waals surface area contributed by atoms with Crippen LogP contribution in [-0.4, -0.2) is 24.5 Å². The van der Waals surface area contributed by atoms with Gasteiger partial charge in [0, 0.05) is 5.75 Å². The van der Waals surface area contributed by atoms with E-state index in [2.05, 4.69) is 12.6 Å². The van der Waals surface area contributed by atoms with Crippen LogP contribution < -0.4 is 29.6 Å². The van der Waals surface area contributed by atoms with Gasteiger partial charge in [0.05, 0.1) is 10.1 Å². The molecule has 0 bridgehead atoms. The van der Waals surface area contributed by atoms with E-state index in [9.17, 15) is 13.0 Å². The van der Waals surface area contributed by atoms with E-state index in [4.69, 9.17) is 0 Å². The quantitative estimate of drug-likeness (QED) is 0.296. The molecule has 3 nitrogen and oxygen atoms in total. The summed E-state index contributed by atoms with van der Waals surface area (Å²) >= 11 is 3.82. The zero-order chi connectivity index (χ0) is 7.49. The predicted molar refractivity (Wildman–Crippen MR) is 37.6 cm³/mol. The first-order valence-electron chi connectivity index (χ1n) is 2.50. The van der Waals surface area contributed by atoms with Crippen molar-refractivity contribution in [1.29, 1.82) is 0 Å². The summed E-state index contributed by atoms with van der Waals surface area (Å²) in [6, 6.07) is 0. The summed E-state index contributed by atoms with van der Waals surface area (Å²) < 4.78 is 30.0. The Labute approximate surface area is 89.0 Å². The van der Waals surface area contributed by atoms with Crippen LogP contribution in [0, 0.1) is 5.92 Å². The summed E-state index contributed by atoms with van der Waals surface area (Å²) in [5.74, 6) is -0.0198. The molecule has 6 heteroatoms. The van der Waals surface area contributed by atoms with Crippen molar-refractivity contribution in [2.75, 3.05) is 11.5 Å². The van der Waals surface area contributed by atoms with Crippen LogP contribution >= 0.6 is 12.6 Å². The molecule has 0 aromatic carbocycles. The molecule has 10 heavy (non-hydrogen) atoms. The Morgan fingerprint density at radius 2 is 2.00 bits per heavy atom. The smallest absolute Gasteiger partial charge is 0.748 e. The van der Waals surface area contributed by atoms with Crippen molar-refractivity contribution < 1.29 is 42.5 Å². The Morgan fingerprint density at radius 3 is 2.10 bits per heavy atom. The summed E-state index contributed by atoms with van der Waals surface area (Å²) in [7, 11) is -4.03. The number of hydrogen-bond donors (Lipinski definition) is 1. The molecule has 0 N–H and O–H groups in total. The van der Waals surface area contributed by atoms with Crippen molar-refractivity contribution in [3.05, 3.63) is 0 Å². The fourth-order valence-electron chi connectivity index (χ4n) is 0.401. The first kappa shape index (κ1) is 13.8. The minimum Gasteiger partial charge on any atom is -0.748 e. The summed E-state index contributed by atoms with van der Waals surface area (Å²) in [5, 5.41) is 0. The maximum Gasteiger partial charge on any atom is 1.00 e. The normalized spacial score (nSPS) is 13.9. The SMILES string of the molecule is CC(CS)CS(=O)(=O)[O-].[Na+]. The number of thiol groups is 1. The van der Waals surface area contributed by atoms with Crippen molar-refractivity contribution >= 4 is 22.7 Å². The first-order valence-corrected chi connectivity index (χ1v) is 4.71. The van der Waals surface area contributed by atoms with Crippen LogP contribution in [0.5, 0.6) is 0 Å². The van der Waals surface area contributed by atoms with Crippen LogP contribution in [0.2, 0.25) is 0 Å². The van der Waals surface area contributed by atoms with Crippen LogP contribution in [0.4, 0.5) is 0 Å². The number of hydrogen-bond acceptors (Lipinski definition) is 4. The van der Waals surface area contributed by atoms with Crippen molar-refractivity contribution in [2.45, 2.75) is 6.92 Å². The van der Waals surface area contributed by atoms with Crippen LogP contribution in [-0.2, 0) is 10.1 Å². The molecule has 0 saturated heterocycles. The van der Waals surface area contributed by atoms with Crippen molar-refractivity contribution in [3.8, 4) is 0 Å². The van der Waals surface area contributed by atoms with Crippen molar-refractivity contribution in [3.63, 3.8) is 0 Å². The molecular weight excluding hydrogens is 183 g/mol. The average Bonchev–Trinajstić information content (AvgIpc) is 1.62. The molecule has 0 aliphatic carbocycles. The standard InChI is InChI=1S/C4H10O3S2.Na/c1-4(2-8)3-9(5,6)7;/h4,8H,2-3H2,1H3,(H,5,6,7);/q;+1/p-1. The van der Waals surface area contributed by atoms with Crippen LogP contribution in [0.1, 0.15) is 6.92 Å². The van der Waals surface area contributed by atoms with Gasteiger partial charge in [0.15, 0.2) is 0 Å². The van der Waals surface area contributed by atoms with E-state index < -0.39 is 10.1 Å². The summed E-state index contributed by atoms with van der Waals surface area (Å²) in [5.41, 5.74) is 0. The molecule has 0 aromatic rings. The zero-order valence-electron chi connectivity index (χ0n) is 6.07. The van der Waals surface area contributed by atoms with Gasteiger partial charge < -0.3 is 4.55 Å². The second-order valence-electron chi connectivity index (χ2n) is 2.01. The van der Waals surface area contributed by atoms with Gasteiger partial charge in [-0.2, -0.15) is 12.6 Å². The Hall–Kier alpha value is 1.26. The van der Waals surface area contributed by atoms with Crippen molar-refractivity contribution in [2.24, 2.45) is 5.92 Å². The molecule has 0 heterocycles. The molecule has 0 spiro atoms. The molecule has 0 saturated carbocycles. The second-order valence-corrected chi connectivity index (χ2v) is 3.83. The monoisotopic (exact) mass is 192 g/mol. The molecule has 1 atom stereocenters. The van der Waals surface area contributed by atoms with Crippen LogP contribution in [0.25, 0.3) is 0 Å². The van der Waals surface area contributed by atoms with E-state index in [-0.39, 0.29) is 41.2 Å². The molecule has 0 fully saturated rings. The molecule has 0 amide bonds. The third kappa shape index (κ3) is 9.26. The van der Waals surface area contributed by atoms with E-state index >= 15 is 0 Å². The second kappa shape index (κ2) is 5.85. The molecule has 0 rings (SSSR count). The van der Waals surface area contributed by atoms with Gasteiger partial charge in [-0.15, -0.1) is 0 Å². The third-order valence-corrected chi connectivity index (χ3v) is 2.40. The Balaban J connectivity index is 0. The first-order chi connectivity index (χ1) is 3.95. The maximum absolute atomic E-state index is 10.0. The van der Waals surface area contributed by atoms with Gasteiger partial charge in [-0.25, -0.2) is 8.42 Å². The summed E-state index contributed by atoms with van der Waals surface area (Å²) in [6.45, 7) is 1.67. The Kier molecular flexibility index (Phi) is 8.09. The fraction of sp³-hybridized carbons (Fsp3) is 1.00. The van der Waals surface area contributed by atoms with Gasteiger partial charge in [0.2, 0.25) is 0 Å². The fourth-order valence-corrected chi connectivity index (χ4v) is 1.52. The van der Waals surface area contributed by atoms with E-state index in [0.717, 1.165) is 0 Å². The minimum atomic E-state index is -4.03. The van der Waals surface area contributed by atoms with E-state index in [1.807, 2.05) is 0 Å². The molecule has 0 radical (unpaired) electrons. The van der Waals surface area contributed by atoms with Crippen LogP contribution in [0.15, 0.2) is 0 Å². The maximum atomic E-state index is 10.0. The van der Waals surface area contributed by atoms with Gasteiger partial charge in [-0.05, 0) is 11.7 Å². The van der Waals surface area contributed by atoms with Gasteiger partial charge in [0.1, 0.15) is 0 Å². The molecule has 56 valence electrons. The Bertz CT molecular complexity index is 165. The van der Waals surface area contributed by atoms with E-state index in [0.29, 0.717) is 5.75 Å². The van der Waals surface area contributed by atoms with Gasteiger partial charge in [0.25, 0.3) is 0 Å². The predicted octanol–water partition coefficient (Wildman–Crippen LogP) is -2.90. The molecule has 1 unspecified atom stereocenters. The molecular formula is C4H9NaO3S2. The minimum absolute atomic E-state index is 0. The average molecular weight is 192 g/mol. The van der Waals surface area contributed by atoms with Gasteiger partial charge in [-0.1, -0.05) is 6.92 Å². The topological polar surface area (TPSA) is 57.2 Å². The van der Waals surface area contributed by atoms with Crippen molar-refractivity contribution in [1.82, 2.24) is 0 Å². The van der Waals surface area contributed by atoms with E-state index in [1.165, 1.54) is 0 Å². The summed E-state index contributed by atoms with van der Waals surface area (Å²) in [4.78, 5) is 0. The number of rotatable bonds is 3. The Morgan fingerprint density at radius 1 is 1.60 bits per heavy atom.